The summed E-state index contributed by atoms with van der Waals surface area (Å²) in [5.74, 6) is -0.0668. The quantitative estimate of drug-likeness (QED) is 0.290. The molecule has 8 heteroatoms. The zero-order valence-electron chi connectivity index (χ0n) is 19.9. The van der Waals surface area contributed by atoms with E-state index < -0.39 is 8.32 Å². The monoisotopic (exact) mass is 492 g/mol. The molecule has 0 saturated heterocycles. The van der Waals surface area contributed by atoms with Crippen LogP contribution in [0.5, 0.6) is 0 Å². The van der Waals surface area contributed by atoms with Gasteiger partial charge in [0, 0.05) is 19.7 Å². The molecule has 0 unspecified atom stereocenters. The number of halogens is 1. The minimum atomic E-state index is -2.61. The van der Waals surface area contributed by atoms with Crippen LogP contribution < -0.4 is 15.7 Å². The van der Waals surface area contributed by atoms with E-state index in [-0.39, 0.29) is 16.9 Å². The summed E-state index contributed by atoms with van der Waals surface area (Å²) in [6, 6.07) is 21.1. The number of anilines is 1. The second-order valence-electron chi connectivity index (χ2n) is 9.32. The minimum absolute atomic E-state index is 0.0933. The molecule has 1 amide bonds. The average Bonchev–Trinajstić information content (AvgIpc) is 3.20. The van der Waals surface area contributed by atoms with E-state index in [4.69, 9.17) is 16.0 Å². The molecule has 0 saturated carbocycles. The van der Waals surface area contributed by atoms with E-state index in [1.165, 1.54) is 17.3 Å². The van der Waals surface area contributed by atoms with Gasteiger partial charge in [-0.15, -0.1) is 0 Å². The molecule has 4 rings (SSSR count). The smallest absolute Gasteiger partial charge is 0.261 e. The summed E-state index contributed by atoms with van der Waals surface area (Å²) in [5.41, 5.74) is 1.57. The topological polar surface area (TPSA) is 79.9 Å². The molecule has 6 nitrogen and oxygen atoms in total. The van der Waals surface area contributed by atoms with Crippen molar-refractivity contribution in [1.29, 1.82) is 0 Å². The van der Waals surface area contributed by atoms with Gasteiger partial charge in [-0.3, -0.25) is 10.1 Å². The summed E-state index contributed by atoms with van der Waals surface area (Å²) < 4.78 is 6.99. The second-order valence-corrected chi connectivity index (χ2v) is 14.0. The van der Waals surface area contributed by atoms with Gasteiger partial charge in [-0.25, -0.2) is 0 Å². The molecule has 0 fully saturated rings. The summed E-state index contributed by atoms with van der Waals surface area (Å²) >= 11 is 6.47. The fourth-order valence-corrected chi connectivity index (χ4v) is 9.39. The molecule has 2 N–H and O–H groups in total. The maximum atomic E-state index is 11.4. The number of carbonyl (C=O) groups excluding carboxylic acids is 1. The van der Waals surface area contributed by atoms with Crippen LogP contribution in [-0.2, 0) is 15.6 Å². The van der Waals surface area contributed by atoms with Gasteiger partial charge in [0.25, 0.3) is 8.32 Å². The number of hydrogen-bond acceptors (Lipinski definition) is 4. The van der Waals surface area contributed by atoms with Gasteiger partial charge in [-0.2, -0.15) is 9.97 Å². The third kappa shape index (κ3) is 4.64. The molecule has 0 atom stereocenters. The van der Waals surface area contributed by atoms with Gasteiger partial charge in [0.2, 0.25) is 11.9 Å². The number of fused-ring (bicyclic) bond motifs is 1. The number of H-pyrrole nitrogens is 1. The first-order valence-electron chi connectivity index (χ1n) is 11.3. The molecule has 2 heterocycles. The van der Waals surface area contributed by atoms with Gasteiger partial charge in [-0.05, 0) is 27.4 Å². The van der Waals surface area contributed by atoms with Gasteiger partial charge >= 0.3 is 0 Å². The fourth-order valence-electron chi connectivity index (χ4n) is 4.54. The summed E-state index contributed by atoms with van der Waals surface area (Å²) in [6.45, 7) is 8.71. The highest BCUT2D eigenvalue weighted by Gasteiger charge is 2.50. The van der Waals surface area contributed by atoms with E-state index in [1.54, 1.807) is 0 Å². The molecular weight excluding hydrogens is 464 g/mol. The molecule has 0 aliphatic rings. The zero-order chi connectivity index (χ0) is 24.3. The van der Waals surface area contributed by atoms with Gasteiger partial charge in [-0.1, -0.05) is 93.0 Å². The zero-order valence-corrected chi connectivity index (χ0v) is 21.6. The number of aromatic nitrogens is 3. The van der Waals surface area contributed by atoms with Crippen LogP contribution in [-0.4, -0.2) is 35.8 Å². The lowest BCUT2D eigenvalue weighted by Crippen LogP contribution is -2.66. The molecule has 176 valence electrons. The van der Waals surface area contributed by atoms with E-state index in [9.17, 15) is 4.79 Å². The van der Waals surface area contributed by atoms with Gasteiger partial charge in [0.15, 0.2) is 0 Å². The molecule has 2 aromatic carbocycles. The Hall–Kier alpha value is -3.00. The van der Waals surface area contributed by atoms with E-state index in [1.807, 2.05) is 18.3 Å². The largest absolute Gasteiger partial charge is 0.407 e. The number of rotatable bonds is 7. The number of carbonyl (C=O) groups is 1. The van der Waals surface area contributed by atoms with Gasteiger partial charge in [0.1, 0.15) is 10.8 Å². The highest BCUT2D eigenvalue weighted by molar-refractivity contribution is 6.99. The molecule has 4 aromatic rings. The highest BCUT2D eigenvalue weighted by atomic mass is 35.5. The van der Waals surface area contributed by atoms with Crippen molar-refractivity contribution in [2.75, 3.05) is 11.9 Å². The van der Waals surface area contributed by atoms with E-state index >= 15 is 0 Å². The number of nitrogens with one attached hydrogen (secondary N) is 2. The summed E-state index contributed by atoms with van der Waals surface area (Å²) in [7, 11) is -2.61. The Balaban J connectivity index is 1.67. The SMILES string of the molecule is CC(=O)Nc1nc(Cl)c2c(CCO[Si](c3ccccc3)(c3ccccc3)C(C)(C)C)c[nH]c2n1. The molecule has 0 bridgehead atoms. The summed E-state index contributed by atoms with van der Waals surface area (Å²) in [5, 5.41) is 6.03. The molecular formula is C26H29ClN4O2Si. The van der Waals surface area contributed by atoms with Crippen LogP contribution in [0.25, 0.3) is 11.0 Å². The Labute approximate surface area is 205 Å². The van der Waals surface area contributed by atoms with E-state index in [0.717, 1.165) is 10.9 Å². The molecule has 0 aliphatic carbocycles. The fraction of sp³-hybridized carbons (Fsp3) is 0.269. The first kappa shape index (κ1) is 24.1. The van der Waals surface area contributed by atoms with Gasteiger partial charge in [0.05, 0.1) is 5.39 Å². The van der Waals surface area contributed by atoms with Crippen LogP contribution in [0, 0.1) is 0 Å². The highest BCUT2D eigenvalue weighted by Crippen LogP contribution is 2.37. The number of aromatic amines is 1. The van der Waals surface area contributed by atoms with Crippen LogP contribution in [0.3, 0.4) is 0 Å². The lowest BCUT2D eigenvalue weighted by Gasteiger charge is -2.43. The van der Waals surface area contributed by atoms with Crippen molar-refractivity contribution < 1.29 is 9.22 Å². The lowest BCUT2D eigenvalue weighted by atomic mass is 10.2. The Morgan fingerprint density at radius 3 is 2.15 bits per heavy atom. The average molecular weight is 493 g/mol. The lowest BCUT2D eigenvalue weighted by molar-refractivity contribution is -0.114. The number of nitrogens with zero attached hydrogens (tertiary/aromatic N) is 2. The van der Waals surface area contributed by atoms with Crippen molar-refractivity contribution in [2.24, 2.45) is 0 Å². The Bertz CT molecular complexity index is 1250. The number of hydrogen-bond donors (Lipinski definition) is 2. The molecule has 2 aromatic heterocycles. The Morgan fingerprint density at radius 2 is 1.62 bits per heavy atom. The standard InChI is InChI=1S/C26H29ClN4O2Si/c1-18(32)29-25-30-23(27)22-19(17-28-24(22)31-25)15-16-33-34(26(2,3)4,20-11-7-5-8-12-20)21-13-9-6-10-14-21/h5-14,17H,15-16H2,1-4H3,(H2,28,29,30,31,32). The van der Waals surface area contributed by atoms with Crippen molar-refractivity contribution in [3.8, 4) is 0 Å². The molecule has 0 radical (unpaired) electrons. The summed E-state index contributed by atoms with van der Waals surface area (Å²) in [6.07, 6.45) is 2.53. The van der Waals surface area contributed by atoms with Crippen molar-refractivity contribution in [3.63, 3.8) is 0 Å². The third-order valence-electron chi connectivity index (χ3n) is 5.96. The molecule has 0 spiro atoms. The van der Waals surface area contributed by atoms with Crippen LogP contribution in [0.15, 0.2) is 66.9 Å². The maximum absolute atomic E-state index is 11.4. The normalized spacial score (nSPS) is 12.1. The summed E-state index contributed by atoms with van der Waals surface area (Å²) in [4.78, 5) is 23.1. The number of benzene rings is 2. The predicted octanol–water partition coefficient (Wildman–Crippen LogP) is 4.69. The molecule has 34 heavy (non-hydrogen) atoms. The Morgan fingerprint density at radius 1 is 1.03 bits per heavy atom. The Kier molecular flexibility index (Phi) is 6.88. The first-order chi connectivity index (χ1) is 16.2. The minimum Gasteiger partial charge on any atom is -0.407 e. The van der Waals surface area contributed by atoms with Crippen LogP contribution in [0.4, 0.5) is 5.95 Å². The van der Waals surface area contributed by atoms with Crippen molar-refractivity contribution in [2.45, 2.75) is 39.2 Å². The maximum Gasteiger partial charge on any atom is 0.261 e. The number of amides is 1. The van der Waals surface area contributed by atoms with Crippen LogP contribution in [0.2, 0.25) is 10.2 Å². The van der Waals surface area contributed by atoms with Crippen LogP contribution >= 0.6 is 11.6 Å². The first-order valence-corrected chi connectivity index (χ1v) is 13.6. The van der Waals surface area contributed by atoms with Crippen molar-refractivity contribution >= 4 is 53.2 Å². The third-order valence-corrected chi connectivity index (χ3v) is 11.3. The van der Waals surface area contributed by atoms with E-state index in [0.29, 0.717) is 23.8 Å². The van der Waals surface area contributed by atoms with Crippen LogP contribution in [0.1, 0.15) is 33.3 Å². The van der Waals surface area contributed by atoms with E-state index in [2.05, 4.69) is 89.6 Å². The van der Waals surface area contributed by atoms with Crippen molar-refractivity contribution in [1.82, 2.24) is 15.0 Å². The second kappa shape index (κ2) is 9.70. The molecule has 0 aliphatic heterocycles. The van der Waals surface area contributed by atoms with Gasteiger partial charge < -0.3 is 9.41 Å². The predicted molar refractivity (Wildman–Crippen MR) is 140 cm³/mol. The van der Waals surface area contributed by atoms with Crippen molar-refractivity contribution in [3.05, 3.63) is 77.6 Å².